The molecule has 1 aromatic heterocycles. The first-order valence-electron chi connectivity index (χ1n) is 13.9. The Morgan fingerprint density at radius 2 is 1.95 bits per heavy atom. The molecule has 1 aliphatic rings. The number of likely N-dealkylation sites (N-methyl/N-ethyl adjacent to an activating group) is 1. The molecule has 1 aliphatic heterocycles. The molecule has 3 aromatic rings. The van der Waals surface area contributed by atoms with Crippen molar-refractivity contribution in [3.05, 3.63) is 59.3 Å². The number of carbonyl (C=O) groups is 1. The highest BCUT2D eigenvalue weighted by Gasteiger charge is 2.19. The highest BCUT2D eigenvalue weighted by molar-refractivity contribution is 6.05. The second-order valence-corrected chi connectivity index (χ2v) is 9.89. The fraction of sp³-hybridized carbons (Fsp3) is 0.355. The fourth-order valence-corrected chi connectivity index (χ4v) is 4.87. The number of pyridine rings is 1. The largest absolute Gasteiger partial charge is 0.492 e. The number of hydrogen-bond acceptors (Lipinski definition) is 9. The molecule has 41 heavy (non-hydrogen) atoms. The SMILES string of the molecule is CCOc1cc2nc(CC)c(C#N)c(Nc3ccc(NC)c(C=N)c3)c2cc1NC(=O)/C=C/CN1CCN(C)CC1. The first-order chi connectivity index (χ1) is 19.9. The van der Waals surface area contributed by atoms with Crippen LogP contribution < -0.4 is 20.7 Å². The van der Waals surface area contributed by atoms with Gasteiger partial charge in [-0.1, -0.05) is 13.0 Å². The number of nitriles is 1. The number of piperazine rings is 1. The van der Waals surface area contributed by atoms with Gasteiger partial charge in [-0.2, -0.15) is 5.26 Å². The molecule has 214 valence electrons. The van der Waals surface area contributed by atoms with Gasteiger partial charge in [0.1, 0.15) is 11.8 Å². The monoisotopic (exact) mass is 554 g/mol. The van der Waals surface area contributed by atoms with Crippen LogP contribution in [0.4, 0.5) is 22.7 Å². The molecule has 0 spiro atoms. The van der Waals surface area contributed by atoms with Gasteiger partial charge in [-0.05, 0) is 44.7 Å². The van der Waals surface area contributed by atoms with Crippen molar-refractivity contribution in [2.24, 2.45) is 0 Å². The van der Waals surface area contributed by atoms with Crippen molar-refractivity contribution in [1.29, 1.82) is 10.7 Å². The van der Waals surface area contributed by atoms with Crippen LogP contribution in [0.15, 0.2) is 42.5 Å². The summed E-state index contributed by atoms with van der Waals surface area (Å²) in [5, 5.41) is 28.1. The quantitative estimate of drug-likeness (QED) is 0.200. The first kappa shape index (κ1) is 29.5. The summed E-state index contributed by atoms with van der Waals surface area (Å²) in [6.45, 7) is 8.97. The smallest absolute Gasteiger partial charge is 0.248 e. The lowest BCUT2D eigenvalue weighted by molar-refractivity contribution is -0.111. The third kappa shape index (κ3) is 7.01. The van der Waals surface area contributed by atoms with Gasteiger partial charge in [0.25, 0.3) is 0 Å². The van der Waals surface area contributed by atoms with Crippen molar-refractivity contribution in [1.82, 2.24) is 14.8 Å². The normalized spacial score (nSPS) is 14.1. The molecule has 2 heterocycles. The van der Waals surface area contributed by atoms with Crippen LogP contribution in [-0.2, 0) is 11.2 Å². The van der Waals surface area contributed by atoms with Crippen molar-refractivity contribution >= 4 is 45.8 Å². The number of fused-ring (bicyclic) bond motifs is 1. The lowest BCUT2D eigenvalue weighted by Gasteiger charge is -2.31. The number of rotatable bonds is 11. The van der Waals surface area contributed by atoms with Crippen LogP contribution in [0.3, 0.4) is 0 Å². The molecule has 0 bridgehead atoms. The van der Waals surface area contributed by atoms with E-state index in [-0.39, 0.29) is 5.91 Å². The van der Waals surface area contributed by atoms with Gasteiger partial charge in [0, 0.05) is 80.5 Å². The number of ether oxygens (including phenoxy) is 1. The molecule has 1 amide bonds. The van der Waals surface area contributed by atoms with Gasteiger partial charge < -0.3 is 31.0 Å². The molecule has 0 aliphatic carbocycles. The Bertz CT molecular complexity index is 1490. The summed E-state index contributed by atoms with van der Waals surface area (Å²) in [6.07, 6.45) is 5.29. The second kappa shape index (κ2) is 13.7. The number of aryl methyl sites for hydroxylation is 1. The lowest BCUT2D eigenvalue weighted by atomic mass is 10.0. The molecular formula is C31H38N8O2. The van der Waals surface area contributed by atoms with E-state index in [0.717, 1.165) is 37.6 Å². The van der Waals surface area contributed by atoms with Crippen LogP contribution in [0, 0.1) is 16.7 Å². The van der Waals surface area contributed by atoms with Crippen LogP contribution in [0.25, 0.3) is 10.9 Å². The summed E-state index contributed by atoms with van der Waals surface area (Å²) in [5.74, 6) is 0.251. The van der Waals surface area contributed by atoms with Crippen molar-refractivity contribution in [3.8, 4) is 11.8 Å². The van der Waals surface area contributed by atoms with Crippen molar-refractivity contribution in [2.75, 3.05) is 69.4 Å². The third-order valence-electron chi connectivity index (χ3n) is 7.14. The zero-order valence-electron chi connectivity index (χ0n) is 24.2. The van der Waals surface area contributed by atoms with E-state index in [2.05, 4.69) is 38.9 Å². The summed E-state index contributed by atoms with van der Waals surface area (Å²) in [6, 6.07) is 11.6. The predicted octanol–water partition coefficient (Wildman–Crippen LogP) is 4.59. The number of nitrogens with zero attached hydrogens (tertiary/aromatic N) is 4. The molecule has 0 radical (unpaired) electrons. The average molecular weight is 555 g/mol. The highest BCUT2D eigenvalue weighted by Crippen LogP contribution is 2.38. The van der Waals surface area contributed by atoms with Gasteiger partial charge >= 0.3 is 0 Å². The fourth-order valence-electron chi connectivity index (χ4n) is 4.87. The van der Waals surface area contributed by atoms with Crippen molar-refractivity contribution < 1.29 is 9.53 Å². The molecule has 2 aromatic carbocycles. The maximum Gasteiger partial charge on any atom is 0.248 e. The molecule has 1 fully saturated rings. The van der Waals surface area contributed by atoms with Gasteiger partial charge in [0.2, 0.25) is 5.91 Å². The summed E-state index contributed by atoms with van der Waals surface area (Å²) in [5.41, 5.74) is 5.08. The lowest BCUT2D eigenvalue weighted by Crippen LogP contribution is -2.44. The molecule has 0 saturated carbocycles. The Balaban J connectivity index is 1.70. The van der Waals surface area contributed by atoms with E-state index in [4.69, 9.17) is 15.1 Å². The number of hydrogen-bond donors (Lipinski definition) is 4. The number of aromatic nitrogens is 1. The van der Waals surface area contributed by atoms with Crippen LogP contribution in [0.5, 0.6) is 5.75 Å². The Kier molecular flexibility index (Phi) is 9.90. The molecule has 4 N–H and O–H groups in total. The van der Waals surface area contributed by atoms with Crippen molar-refractivity contribution in [2.45, 2.75) is 20.3 Å². The standard InChI is InChI=1S/C31H38N8O2/c1-5-25-24(20-33)31(35-22-9-10-26(34-3)21(16-22)19-32)23-17-28(29(41-6-2)18-27(23)36-25)37-30(40)8-7-11-39-14-12-38(4)13-15-39/h7-10,16-19,32,34H,5-6,11-15H2,1-4H3,(H,35,36)(H,37,40)/b8-7+,32-19?. The summed E-state index contributed by atoms with van der Waals surface area (Å²) >= 11 is 0. The number of benzene rings is 2. The van der Waals surface area contributed by atoms with E-state index in [0.29, 0.717) is 64.4 Å². The highest BCUT2D eigenvalue weighted by atomic mass is 16.5. The van der Waals surface area contributed by atoms with E-state index in [1.165, 1.54) is 6.21 Å². The Labute approximate surface area is 241 Å². The molecular weight excluding hydrogens is 516 g/mol. The minimum atomic E-state index is -0.258. The molecule has 0 unspecified atom stereocenters. The van der Waals surface area contributed by atoms with Gasteiger partial charge in [-0.3, -0.25) is 14.7 Å². The number of anilines is 4. The zero-order valence-corrected chi connectivity index (χ0v) is 24.2. The Morgan fingerprint density at radius 1 is 1.17 bits per heavy atom. The van der Waals surface area contributed by atoms with Gasteiger partial charge in [0.15, 0.2) is 0 Å². The summed E-state index contributed by atoms with van der Waals surface area (Å²) in [4.78, 5) is 22.3. The van der Waals surface area contributed by atoms with Gasteiger partial charge in [0.05, 0.1) is 34.8 Å². The van der Waals surface area contributed by atoms with E-state index in [9.17, 15) is 10.1 Å². The molecule has 4 rings (SSSR count). The third-order valence-corrected chi connectivity index (χ3v) is 7.14. The van der Waals surface area contributed by atoms with Crippen LogP contribution in [-0.4, -0.2) is 80.3 Å². The van der Waals surface area contributed by atoms with Gasteiger partial charge in [-0.15, -0.1) is 0 Å². The number of nitrogens with one attached hydrogen (secondary N) is 4. The average Bonchev–Trinajstić information content (AvgIpc) is 2.98. The van der Waals surface area contributed by atoms with Crippen molar-refractivity contribution in [3.63, 3.8) is 0 Å². The van der Waals surface area contributed by atoms with E-state index >= 15 is 0 Å². The first-order valence-corrected chi connectivity index (χ1v) is 13.9. The predicted molar refractivity (Wildman–Crippen MR) is 166 cm³/mol. The second-order valence-electron chi connectivity index (χ2n) is 9.89. The van der Waals surface area contributed by atoms with E-state index in [1.54, 1.807) is 19.2 Å². The number of amides is 1. The Morgan fingerprint density at radius 3 is 2.61 bits per heavy atom. The Hall–Kier alpha value is -4.46. The van der Waals surface area contributed by atoms with E-state index < -0.39 is 0 Å². The maximum atomic E-state index is 12.9. The minimum Gasteiger partial charge on any atom is -0.492 e. The summed E-state index contributed by atoms with van der Waals surface area (Å²) in [7, 11) is 3.92. The van der Waals surface area contributed by atoms with E-state index in [1.807, 2.05) is 44.2 Å². The zero-order chi connectivity index (χ0) is 29.4. The molecule has 10 nitrogen and oxygen atoms in total. The topological polar surface area (TPSA) is 129 Å². The molecule has 0 atom stereocenters. The van der Waals surface area contributed by atoms with Gasteiger partial charge in [-0.25, -0.2) is 0 Å². The van der Waals surface area contributed by atoms with Crippen LogP contribution in [0.1, 0.15) is 30.7 Å². The summed E-state index contributed by atoms with van der Waals surface area (Å²) < 4.78 is 5.89. The minimum absolute atomic E-state index is 0.258. The molecule has 10 heteroatoms. The molecule has 1 saturated heterocycles. The maximum absolute atomic E-state index is 12.9. The number of carbonyl (C=O) groups excluding carboxylic acids is 1. The van der Waals surface area contributed by atoms with Crippen LogP contribution in [0.2, 0.25) is 0 Å². The van der Waals surface area contributed by atoms with Crippen LogP contribution >= 0.6 is 0 Å².